The van der Waals surface area contributed by atoms with E-state index in [1.54, 1.807) is 13.8 Å². The molecule has 6 nitrogen and oxygen atoms in total. The minimum Gasteiger partial charge on any atom is -0.461 e. The Morgan fingerprint density at radius 2 is 1.95 bits per heavy atom. The molecule has 0 N–H and O–H groups in total. The van der Waals surface area contributed by atoms with Gasteiger partial charge in [-0.2, -0.15) is 0 Å². The molecule has 1 saturated heterocycles. The lowest BCUT2D eigenvalue weighted by molar-refractivity contribution is -0.166. The van der Waals surface area contributed by atoms with Gasteiger partial charge in [0.25, 0.3) is 0 Å². The Morgan fingerprint density at radius 3 is 2.55 bits per heavy atom. The Hall–Kier alpha value is -2.37. The maximum Gasteiger partial charge on any atom is 0.417 e. The molecule has 1 aliphatic heterocycles. The summed E-state index contributed by atoms with van der Waals surface area (Å²) in [6.07, 6.45) is -0.549. The maximum absolute atomic E-state index is 11.9. The van der Waals surface area contributed by atoms with Crippen molar-refractivity contribution in [2.24, 2.45) is 0 Å². The summed E-state index contributed by atoms with van der Waals surface area (Å²) >= 11 is 0. The van der Waals surface area contributed by atoms with E-state index >= 15 is 0 Å². The van der Waals surface area contributed by atoms with Crippen LogP contribution in [0.15, 0.2) is 30.3 Å². The van der Waals surface area contributed by atoms with Gasteiger partial charge in [-0.25, -0.2) is 14.5 Å². The van der Waals surface area contributed by atoms with Crippen molar-refractivity contribution in [2.75, 3.05) is 6.61 Å². The molecule has 1 fully saturated rings. The number of hydrogen-bond acceptors (Lipinski definition) is 5. The first-order valence-corrected chi connectivity index (χ1v) is 7.22. The van der Waals surface area contributed by atoms with Gasteiger partial charge in [0.2, 0.25) is 5.91 Å². The number of carbonyl (C=O) groups is 3. The number of carbonyl (C=O) groups excluding carboxylic acids is 3. The van der Waals surface area contributed by atoms with Gasteiger partial charge in [0.15, 0.2) is 0 Å². The Kier molecular flexibility index (Phi) is 5.14. The van der Waals surface area contributed by atoms with Crippen molar-refractivity contribution in [3.8, 4) is 0 Å². The van der Waals surface area contributed by atoms with E-state index in [0.717, 1.165) is 10.5 Å². The fraction of sp³-hybridized carbons (Fsp3) is 0.438. The zero-order valence-corrected chi connectivity index (χ0v) is 12.7. The van der Waals surface area contributed by atoms with Crippen LogP contribution in [0.2, 0.25) is 0 Å². The SMILES string of the molecule is CC(C)OC(=O)C1CC(=O)N1C(=O)OCCc1ccccc1. The van der Waals surface area contributed by atoms with Gasteiger partial charge in [-0.1, -0.05) is 30.3 Å². The van der Waals surface area contributed by atoms with E-state index in [1.165, 1.54) is 0 Å². The first-order valence-electron chi connectivity index (χ1n) is 7.22. The highest BCUT2D eigenvalue weighted by molar-refractivity contribution is 6.04. The van der Waals surface area contributed by atoms with E-state index in [1.807, 2.05) is 30.3 Å². The second kappa shape index (κ2) is 7.06. The minimum atomic E-state index is -0.862. The molecule has 0 aromatic heterocycles. The van der Waals surface area contributed by atoms with E-state index < -0.39 is 24.0 Å². The van der Waals surface area contributed by atoms with Crippen molar-refractivity contribution in [1.82, 2.24) is 4.90 Å². The fourth-order valence-corrected chi connectivity index (χ4v) is 2.12. The average Bonchev–Trinajstić information content (AvgIpc) is 2.44. The summed E-state index contributed by atoms with van der Waals surface area (Å²) in [5, 5.41) is 0. The molecule has 1 aliphatic rings. The van der Waals surface area contributed by atoms with E-state index in [4.69, 9.17) is 9.47 Å². The lowest BCUT2D eigenvalue weighted by Crippen LogP contribution is -2.60. The topological polar surface area (TPSA) is 72.9 Å². The molecular weight excluding hydrogens is 286 g/mol. The molecule has 0 saturated carbocycles. The quantitative estimate of drug-likeness (QED) is 0.614. The van der Waals surface area contributed by atoms with Gasteiger partial charge >= 0.3 is 12.1 Å². The Bertz CT molecular complexity index is 555. The second-order valence-corrected chi connectivity index (χ2v) is 5.32. The highest BCUT2D eigenvalue weighted by Gasteiger charge is 2.47. The van der Waals surface area contributed by atoms with Gasteiger partial charge < -0.3 is 9.47 Å². The predicted molar refractivity (Wildman–Crippen MR) is 78.0 cm³/mol. The van der Waals surface area contributed by atoms with E-state index in [0.29, 0.717) is 6.42 Å². The van der Waals surface area contributed by atoms with Crippen LogP contribution >= 0.6 is 0 Å². The predicted octanol–water partition coefficient (Wildman–Crippen LogP) is 1.92. The van der Waals surface area contributed by atoms with Crippen LogP contribution in [0.3, 0.4) is 0 Å². The van der Waals surface area contributed by atoms with E-state index in [2.05, 4.69) is 0 Å². The second-order valence-electron chi connectivity index (χ2n) is 5.32. The lowest BCUT2D eigenvalue weighted by atomic mass is 10.0. The minimum absolute atomic E-state index is 0.0145. The summed E-state index contributed by atoms with van der Waals surface area (Å²) in [7, 11) is 0. The van der Waals surface area contributed by atoms with Crippen LogP contribution in [-0.4, -0.2) is 41.6 Å². The number of amides is 2. The Morgan fingerprint density at radius 1 is 1.27 bits per heavy atom. The largest absolute Gasteiger partial charge is 0.461 e. The van der Waals surface area contributed by atoms with Gasteiger partial charge in [-0.15, -0.1) is 0 Å². The first-order chi connectivity index (χ1) is 10.5. The molecule has 1 unspecified atom stereocenters. The van der Waals surface area contributed by atoms with Crippen molar-refractivity contribution in [3.05, 3.63) is 35.9 Å². The van der Waals surface area contributed by atoms with Crippen molar-refractivity contribution < 1.29 is 23.9 Å². The van der Waals surface area contributed by atoms with E-state index in [9.17, 15) is 14.4 Å². The molecule has 1 heterocycles. The van der Waals surface area contributed by atoms with Gasteiger partial charge in [0, 0.05) is 6.42 Å². The normalized spacial score (nSPS) is 17.1. The summed E-state index contributed by atoms with van der Waals surface area (Å²) in [6.45, 7) is 3.57. The first kappa shape index (κ1) is 16.0. The lowest BCUT2D eigenvalue weighted by Gasteiger charge is -2.35. The summed E-state index contributed by atoms with van der Waals surface area (Å²) in [4.78, 5) is 36.0. The highest BCUT2D eigenvalue weighted by Crippen LogP contribution is 2.22. The van der Waals surface area contributed by atoms with Gasteiger partial charge in [0.1, 0.15) is 6.04 Å². The third kappa shape index (κ3) is 3.84. The molecular formula is C16H19NO5. The number of nitrogens with zero attached hydrogens (tertiary/aromatic N) is 1. The molecule has 6 heteroatoms. The van der Waals surface area contributed by atoms with E-state index in [-0.39, 0.29) is 19.1 Å². The monoisotopic (exact) mass is 305 g/mol. The molecule has 0 bridgehead atoms. The molecule has 0 aliphatic carbocycles. The summed E-state index contributed by atoms with van der Waals surface area (Å²) in [5.74, 6) is -0.995. The van der Waals surface area contributed by atoms with Crippen LogP contribution in [0, 0.1) is 0 Å². The number of esters is 1. The summed E-state index contributed by atoms with van der Waals surface area (Å²) in [6, 6.07) is 8.68. The van der Waals surface area contributed by atoms with Crippen LogP contribution in [0.4, 0.5) is 4.79 Å². The van der Waals surface area contributed by atoms with Crippen molar-refractivity contribution in [3.63, 3.8) is 0 Å². The molecule has 0 radical (unpaired) electrons. The number of rotatable bonds is 5. The van der Waals surface area contributed by atoms with Crippen LogP contribution in [-0.2, 0) is 25.5 Å². The third-order valence-corrected chi connectivity index (χ3v) is 3.23. The zero-order valence-electron chi connectivity index (χ0n) is 12.7. The molecule has 0 spiro atoms. The third-order valence-electron chi connectivity index (χ3n) is 3.23. The van der Waals surface area contributed by atoms with Gasteiger partial charge in [-0.05, 0) is 19.4 Å². The highest BCUT2D eigenvalue weighted by atomic mass is 16.6. The molecule has 118 valence electrons. The number of β-lactam (4-membered cyclic amide) rings is 1. The maximum atomic E-state index is 11.9. The molecule has 1 aromatic carbocycles. The van der Waals surface area contributed by atoms with Crippen LogP contribution in [0.1, 0.15) is 25.8 Å². The van der Waals surface area contributed by atoms with Crippen molar-refractivity contribution >= 4 is 18.0 Å². The fourth-order valence-electron chi connectivity index (χ4n) is 2.12. The number of imide groups is 1. The summed E-state index contributed by atoms with van der Waals surface area (Å²) in [5.41, 5.74) is 1.03. The molecule has 2 rings (SSSR count). The van der Waals surface area contributed by atoms with Crippen molar-refractivity contribution in [2.45, 2.75) is 38.8 Å². The summed E-state index contributed by atoms with van der Waals surface area (Å²) < 4.78 is 10.1. The average molecular weight is 305 g/mol. The van der Waals surface area contributed by atoms with Gasteiger partial charge in [0.05, 0.1) is 19.1 Å². The number of likely N-dealkylation sites (tertiary alicyclic amines) is 1. The molecule has 2 amide bonds. The van der Waals surface area contributed by atoms with Crippen LogP contribution in [0.25, 0.3) is 0 Å². The smallest absolute Gasteiger partial charge is 0.417 e. The molecule has 1 aromatic rings. The standard InChI is InChI=1S/C16H19NO5/c1-11(2)22-15(19)13-10-14(18)17(13)16(20)21-9-8-12-6-4-3-5-7-12/h3-7,11,13H,8-10H2,1-2H3. The zero-order chi connectivity index (χ0) is 16.1. The number of hydrogen-bond donors (Lipinski definition) is 0. The Labute approximate surface area is 129 Å². The van der Waals surface area contributed by atoms with Crippen LogP contribution in [0.5, 0.6) is 0 Å². The number of ether oxygens (including phenoxy) is 2. The number of benzene rings is 1. The molecule has 22 heavy (non-hydrogen) atoms. The Balaban J connectivity index is 1.83. The van der Waals surface area contributed by atoms with Crippen molar-refractivity contribution in [1.29, 1.82) is 0 Å². The molecule has 1 atom stereocenters. The van der Waals surface area contributed by atoms with Crippen LogP contribution < -0.4 is 0 Å². The van der Waals surface area contributed by atoms with Gasteiger partial charge in [-0.3, -0.25) is 4.79 Å².